The van der Waals surface area contributed by atoms with Crippen molar-refractivity contribution in [3.63, 3.8) is 0 Å². The second kappa shape index (κ2) is 7.89. The number of para-hydroxylation sites is 1. The molecule has 0 spiro atoms. The molecule has 0 saturated carbocycles. The van der Waals surface area contributed by atoms with Crippen molar-refractivity contribution >= 4 is 11.6 Å². The fraction of sp³-hybridized carbons (Fsp3) is 0.150. The topological polar surface area (TPSA) is 64.0 Å². The Labute approximate surface area is 170 Å². The lowest BCUT2D eigenvalue weighted by molar-refractivity contribution is -0.143. The molecule has 1 heterocycles. The molecule has 162 valence electrons. The van der Waals surface area contributed by atoms with Gasteiger partial charge in [0.15, 0.2) is 5.69 Å². The molecule has 0 bridgehead atoms. The Morgan fingerprint density at radius 1 is 0.903 bits per heavy atom. The van der Waals surface area contributed by atoms with Crippen molar-refractivity contribution in [2.45, 2.75) is 19.3 Å². The van der Waals surface area contributed by atoms with Gasteiger partial charge in [-0.15, -0.1) is 0 Å². The maximum atomic E-state index is 13.0. The maximum Gasteiger partial charge on any atom is 0.416 e. The van der Waals surface area contributed by atoms with E-state index in [0.717, 1.165) is 6.07 Å². The van der Waals surface area contributed by atoms with E-state index in [1.165, 1.54) is 4.68 Å². The van der Waals surface area contributed by atoms with Gasteiger partial charge in [0.2, 0.25) is 5.43 Å². The van der Waals surface area contributed by atoms with Gasteiger partial charge in [0.25, 0.3) is 5.91 Å². The summed E-state index contributed by atoms with van der Waals surface area (Å²) in [5.41, 5.74) is -4.66. The molecule has 3 rings (SSSR count). The van der Waals surface area contributed by atoms with Gasteiger partial charge in [-0.25, -0.2) is 4.68 Å². The smallest absolute Gasteiger partial charge is 0.320 e. The average molecular weight is 441 g/mol. The minimum Gasteiger partial charge on any atom is -0.320 e. The molecule has 1 N–H and O–H groups in total. The number of aromatic nitrogens is 2. The molecule has 0 aliphatic rings. The second-order valence-electron chi connectivity index (χ2n) is 6.49. The van der Waals surface area contributed by atoms with Crippen LogP contribution in [0.4, 0.5) is 32.0 Å². The number of amides is 1. The lowest BCUT2D eigenvalue weighted by atomic mass is 10.1. The molecular weight excluding hydrogens is 428 g/mol. The number of halogens is 6. The third-order valence-electron chi connectivity index (χ3n) is 4.17. The zero-order chi connectivity index (χ0) is 23.0. The first-order valence-corrected chi connectivity index (χ1v) is 8.63. The molecule has 0 fully saturated rings. The molecule has 5 nitrogen and oxygen atoms in total. The number of benzene rings is 2. The molecule has 1 amide bonds. The maximum absolute atomic E-state index is 13.0. The highest BCUT2D eigenvalue weighted by Gasteiger charge is 2.37. The van der Waals surface area contributed by atoms with Crippen LogP contribution in [0.1, 0.15) is 27.3 Å². The first kappa shape index (κ1) is 22.1. The fourth-order valence-electron chi connectivity index (χ4n) is 2.75. The van der Waals surface area contributed by atoms with Gasteiger partial charge >= 0.3 is 12.4 Å². The molecule has 3 aromatic rings. The molecule has 0 aliphatic heterocycles. The van der Waals surface area contributed by atoms with Crippen LogP contribution in [-0.4, -0.2) is 15.7 Å². The summed E-state index contributed by atoms with van der Waals surface area (Å²) in [5, 5.41) is 5.84. The Hall–Kier alpha value is -3.63. The highest BCUT2D eigenvalue weighted by Crippen LogP contribution is 2.37. The summed E-state index contributed by atoms with van der Waals surface area (Å²) in [4.78, 5) is 24.7. The van der Waals surface area contributed by atoms with E-state index in [2.05, 4.69) is 5.10 Å². The lowest BCUT2D eigenvalue weighted by Crippen LogP contribution is -2.27. The van der Waals surface area contributed by atoms with Crippen molar-refractivity contribution in [2.24, 2.45) is 0 Å². The Bertz CT molecular complexity index is 1150. The largest absolute Gasteiger partial charge is 0.416 e. The Morgan fingerprint density at radius 3 is 1.97 bits per heavy atom. The highest BCUT2D eigenvalue weighted by molar-refractivity contribution is 6.02. The van der Waals surface area contributed by atoms with E-state index in [1.807, 2.05) is 5.32 Å². The highest BCUT2D eigenvalue weighted by atomic mass is 19.4. The third-order valence-corrected chi connectivity index (χ3v) is 4.17. The van der Waals surface area contributed by atoms with Crippen LogP contribution in [0.15, 0.2) is 59.4 Å². The van der Waals surface area contributed by atoms with Gasteiger partial charge in [-0.1, -0.05) is 18.2 Å². The molecule has 0 radical (unpaired) electrons. The van der Waals surface area contributed by atoms with Gasteiger partial charge in [-0.2, -0.15) is 31.4 Å². The summed E-state index contributed by atoms with van der Waals surface area (Å²) in [6, 6.07) is 10.0. The van der Waals surface area contributed by atoms with E-state index < -0.39 is 46.2 Å². The molecular formula is C20H13F6N3O2. The van der Waals surface area contributed by atoms with Crippen LogP contribution < -0.4 is 10.7 Å². The van der Waals surface area contributed by atoms with Crippen molar-refractivity contribution in [1.82, 2.24) is 9.78 Å². The molecule has 1 aromatic heterocycles. The van der Waals surface area contributed by atoms with E-state index >= 15 is 0 Å². The number of anilines is 1. The molecule has 0 atom stereocenters. The number of hydrogen-bond donors (Lipinski definition) is 1. The monoisotopic (exact) mass is 441 g/mol. The summed E-state index contributed by atoms with van der Waals surface area (Å²) in [5.74, 6) is -1.25. The van der Waals surface area contributed by atoms with Crippen LogP contribution in [0.3, 0.4) is 0 Å². The SMILES string of the molecule is Cc1cc(=O)c(C(=O)Nc2cc(C(F)(F)F)cc(C(F)(F)F)c2)nn1-c1ccccc1. The predicted octanol–water partition coefficient (Wildman–Crippen LogP) is 4.83. The average Bonchev–Trinajstić information content (AvgIpc) is 2.67. The van der Waals surface area contributed by atoms with Crippen molar-refractivity contribution in [3.8, 4) is 5.69 Å². The van der Waals surface area contributed by atoms with E-state index in [4.69, 9.17) is 0 Å². The Morgan fingerprint density at radius 2 is 1.45 bits per heavy atom. The van der Waals surface area contributed by atoms with Crippen molar-refractivity contribution in [2.75, 3.05) is 5.32 Å². The van der Waals surface area contributed by atoms with Crippen LogP contribution in [-0.2, 0) is 12.4 Å². The van der Waals surface area contributed by atoms with Crippen LogP contribution in [0.5, 0.6) is 0 Å². The lowest BCUT2D eigenvalue weighted by Gasteiger charge is -2.15. The van der Waals surface area contributed by atoms with Crippen molar-refractivity contribution in [3.05, 3.63) is 87.3 Å². The first-order chi connectivity index (χ1) is 14.4. The summed E-state index contributed by atoms with van der Waals surface area (Å²) in [6.07, 6.45) is -10.2. The van der Waals surface area contributed by atoms with E-state index in [0.29, 0.717) is 23.5 Å². The molecule has 0 aliphatic carbocycles. The zero-order valence-corrected chi connectivity index (χ0v) is 15.7. The van der Waals surface area contributed by atoms with Gasteiger partial charge in [-0.3, -0.25) is 9.59 Å². The molecule has 11 heteroatoms. The van der Waals surface area contributed by atoms with Gasteiger partial charge in [0, 0.05) is 17.4 Å². The molecule has 0 unspecified atom stereocenters. The van der Waals surface area contributed by atoms with E-state index in [1.54, 1.807) is 37.3 Å². The second-order valence-corrected chi connectivity index (χ2v) is 6.49. The number of carbonyl (C=O) groups excluding carboxylic acids is 1. The van der Waals surface area contributed by atoms with E-state index in [-0.39, 0.29) is 6.07 Å². The Balaban J connectivity index is 2.03. The third kappa shape index (κ3) is 4.93. The summed E-state index contributed by atoms with van der Waals surface area (Å²) in [6.45, 7) is 1.55. The number of hydrogen-bond acceptors (Lipinski definition) is 3. The standard InChI is InChI=1S/C20H13F6N3O2/c1-11-7-16(30)17(28-29(11)15-5-3-2-4-6-15)18(31)27-14-9-12(19(21,22)23)8-13(10-14)20(24,25)26/h2-10H,1H3,(H,27,31). The number of rotatable bonds is 3. The van der Waals surface area contributed by atoms with Crippen LogP contribution >= 0.6 is 0 Å². The zero-order valence-electron chi connectivity index (χ0n) is 15.7. The first-order valence-electron chi connectivity index (χ1n) is 8.63. The van der Waals surface area contributed by atoms with Gasteiger partial charge in [0.1, 0.15) is 0 Å². The number of nitrogens with zero attached hydrogens (tertiary/aromatic N) is 2. The number of carbonyl (C=O) groups is 1. The summed E-state index contributed by atoms with van der Waals surface area (Å²) >= 11 is 0. The van der Waals surface area contributed by atoms with Gasteiger partial charge < -0.3 is 5.32 Å². The summed E-state index contributed by atoms with van der Waals surface area (Å²) in [7, 11) is 0. The molecule has 2 aromatic carbocycles. The van der Waals surface area contributed by atoms with E-state index in [9.17, 15) is 35.9 Å². The molecule has 0 saturated heterocycles. The quantitative estimate of drug-likeness (QED) is 0.593. The van der Waals surface area contributed by atoms with Crippen molar-refractivity contribution in [1.29, 1.82) is 0 Å². The normalized spacial score (nSPS) is 12.0. The van der Waals surface area contributed by atoms with Gasteiger partial charge in [-0.05, 0) is 37.3 Å². The minimum atomic E-state index is -5.08. The number of aryl methyl sites for hydroxylation is 1. The van der Waals surface area contributed by atoms with Crippen LogP contribution in [0.2, 0.25) is 0 Å². The number of nitrogens with one attached hydrogen (secondary N) is 1. The van der Waals surface area contributed by atoms with Crippen LogP contribution in [0.25, 0.3) is 5.69 Å². The number of alkyl halides is 6. The Kier molecular flexibility index (Phi) is 5.62. The summed E-state index contributed by atoms with van der Waals surface area (Å²) < 4.78 is 79.3. The minimum absolute atomic E-state index is 0.0673. The fourth-order valence-corrected chi connectivity index (χ4v) is 2.75. The molecule has 31 heavy (non-hydrogen) atoms. The van der Waals surface area contributed by atoms with Crippen molar-refractivity contribution < 1.29 is 31.1 Å². The predicted molar refractivity (Wildman–Crippen MR) is 99.0 cm³/mol. The van der Waals surface area contributed by atoms with Gasteiger partial charge in [0.05, 0.1) is 16.8 Å². The van der Waals surface area contributed by atoms with Crippen LogP contribution in [0, 0.1) is 6.92 Å².